The van der Waals surface area contributed by atoms with Crippen molar-refractivity contribution in [2.45, 2.75) is 31.8 Å². The van der Waals surface area contributed by atoms with Crippen LogP contribution in [0.2, 0.25) is 0 Å². The standard InChI is InChI=1S/C8H18N2O/c1-7(9)5-10-4-2-3-8(10)6-11/h7-8,11H,2-6,9H2,1H3/t7-,8+/m1/s1. The molecule has 66 valence electrons. The van der Waals surface area contributed by atoms with Crippen LogP contribution < -0.4 is 5.73 Å². The Hall–Kier alpha value is -0.120. The minimum absolute atomic E-state index is 0.224. The van der Waals surface area contributed by atoms with Gasteiger partial charge in [0.2, 0.25) is 0 Å². The summed E-state index contributed by atoms with van der Waals surface area (Å²) < 4.78 is 0. The second kappa shape index (κ2) is 4.04. The van der Waals surface area contributed by atoms with Crippen LogP contribution in [0.15, 0.2) is 0 Å². The van der Waals surface area contributed by atoms with E-state index in [0.717, 1.165) is 19.5 Å². The molecule has 0 aromatic rings. The first-order valence-corrected chi connectivity index (χ1v) is 4.34. The van der Waals surface area contributed by atoms with Crippen LogP contribution in [0.3, 0.4) is 0 Å². The van der Waals surface area contributed by atoms with Gasteiger partial charge in [0.25, 0.3) is 0 Å². The number of aliphatic hydroxyl groups excluding tert-OH is 1. The maximum atomic E-state index is 8.97. The van der Waals surface area contributed by atoms with E-state index in [9.17, 15) is 0 Å². The topological polar surface area (TPSA) is 49.5 Å². The van der Waals surface area contributed by atoms with E-state index in [0.29, 0.717) is 6.04 Å². The molecule has 0 aliphatic carbocycles. The maximum Gasteiger partial charge on any atom is 0.0586 e. The Kier molecular flexibility index (Phi) is 3.30. The third-order valence-corrected chi connectivity index (χ3v) is 2.23. The van der Waals surface area contributed by atoms with E-state index < -0.39 is 0 Å². The fourth-order valence-electron chi connectivity index (χ4n) is 1.71. The lowest BCUT2D eigenvalue weighted by Gasteiger charge is -2.24. The third-order valence-electron chi connectivity index (χ3n) is 2.23. The predicted octanol–water partition coefficient (Wildman–Crippen LogP) is -0.210. The highest BCUT2D eigenvalue weighted by Crippen LogP contribution is 2.15. The number of hydrogen-bond donors (Lipinski definition) is 2. The summed E-state index contributed by atoms with van der Waals surface area (Å²) in [7, 11) is 0. The lowest BCUT2D eigenvalue weighted by atomic mass is 10.2. The van der Waals surface area contributed by atoms with Gasteiger partial charge in [-0.25, -0.2) is 0 Å². The highest BCUT2D eigenvalue weighted by Gasteiger charge is 2.23. The van der Waals surface area contributed by atoms with Gasteiger partial charge in [-0.3, -0.25) is 4.90 Å². The summed E-state index contributed by atoms with van der Waals surface area (Å²) in [5.74, 6) is 0. The Balaban J connectivity index is 2.31. The van der Waals surface area contributed by atoms with Crippen LogP contribution in [0.25, 0.3) is 0 Å². The van der Waals surface area contributed by atoms with Crippen LogP contribution in [-0.2, 0) is 0 Å². The zero-order chi connectivity index (χ0) is 8.27. The van der Waals surface area contributed by atoms with Gasteiger partial charge in [-0.1, -0.05) is 0 Å². The fraction of sp³-hybridized carbons (Fsp3) is 1.00. The van der Waals surface area contributed by atoms with Gasteiger partial charge < -0.3 is 10.8 Å². The van der Waals surface area contributed by atoms with Crippen LogP contribution in [0.4, 0.5) is 0 Å². The molecular formula is C8H18N2O. The lowest BCUT2D eigenvalue weighted by molar-refractivity contribution is 0.154. The van der Waals surface area contributed by atoms with Crippen molar-refractivity contribution >= 4 is 0 Å². The molecule has 3 nitrogen and oxygen atoms in total. The van der Waals surface area contributed by atoms with E-state index in [2.05, 4.69) is 4.90 Å². The van der Waals surface area contributed by atoms with Gasteiger partial charge in [0.15, 0.2) is 0 Å². The van der Waals surface area contributed by atoms with Crippen molar-refractivity contribution in [3.05, 3.63) is 0 Å². The Morgan fingerprint density at radius 3 is 3.00 bits per heavy atom. The zero-order valence-electron chi connectivity index (χ0n) is 7.16. The van der Waals surface area contributed by atoms with Gasteiger partial charge in [0.1, 0.15) is 0 Å². The van der Waals surface area contributed by atoms with Gasteiger partial charge in [-0.15, -0.1) is 0 Å². The molecular weight excluding hydrogens is 140 g/mol. The second-order valence-corrected chi connectivity index (χ2v) is 3.45. The first kappa shape index (κ1) is 8.97. The van der Waals surface area contributed by atoms with Crippen LogP contribution in [0, 0.1) is 0 Å². The van der Waals surface area contributed by atoms with E-state index in [1.54, 1.807) is 0 Å². The lowest BCUT2D eigenvalue weighted by Crippen LogP contribution is -2.40. The zero-order valence-corrected chi connectivity index (χ0v) is 7.16. The number of nitrogens with zero attached hydrogens (tertiary/aromatic N) is 1. The van der Waals surface area contributed by atoms with Crippen molar-refractivity contribution in [1.82, 2.24) is 4.90 Å². The van der Waals surface area contributed by atoms with E-state index in [-0.39, 0.29) is 12.6 Å². The van der Waals surface area contributed by atoms with Gasteiger partial charge >= 0.3 is 0 Å². The van der Waals surface area contributed by atoms with Crippen molar-refractivity contribution in [3.63, 3.8) is 0 Å². The number of aliphatic hydroxyl groups is 1. The van der Waals surface area contributed by atoms with Crippen LogP contribution in [0.1, 0.15) is 19.8 Å². The van der Waals surface area contributed by atoms with E-state index in [1.807, 2.05) is 6.92 Å². The predicted molar refractivity (Wildman–Crippen MR) is 45.3 cm³/mol. The molecule has 3 N–H and O–H groups in total. The van der Waals surface area contributed by atoms with Gasteiger partial charge in [0, 0.05) is 18.6 Å². The van der Waals surface area contributed by atoms with E-state index >= 15 is 0 Å². The monoisotopic (exact) mass is 158 g/mol. The first-order valence-electron chi connectivity index (χ1n) is 4.34. The summed E-state index contributed by atoms with van der Waals surface area (Å²) in [4.78, 5) is 2.28. The summed E-state index contributed by atoms with van der Waals surface area (Å²) in [5, 5.41) is 8.97. The van der Waals surface area contributed by atoms with Crippen molar-refractivity contribution in [2.75, 3.05) is 19.7 Å². The third kappa shape index (κ3) is 2.43. The average molecular weight is 158 g/mol. The van der Waals surface area contributed by atoms with Crippen molar-refractivity contribution < 1.29 is 5.11 Å². The normalized spacial score (nSPS) is 29.2. The molecule has 0 bridgehead atoms. The molecule has 0 aromatic heterocycles. The van der Waals surface area contributed by atoms with Crippen LogP contribution in [0.5, 0.6) is 0 Å². The Morgan fingerprint density at radius 1 is 1.73 bits per heavy atom. The second-order valence-electron chi connectivity index (χ2n) is 3.45. The van der Waals surface area contributed by atoms with Crippen molar-refractivity contribution in [3.8, 4) is 0 Å². The highest BCUT2D eigenvalue weighted by molar-refractivity contribution is 4.79. The molecule has 0 radical (unpaired) electrons. The van der Waals surface area contributed by atoms with E-state index in [4.69, 9.17) is 10.8 Å². The largest absolute Gasteiger partial charge is 0.395 e. The Bertz CT molecular complexity index is 117. The maximum absolute atomic E-state index is 8.97. The molecule has 1 aliphatic heterocycles. The molecule has 0 spiro atoms. The SMILES string of the molecule is C[C@@H](N)CN1CCC[C@H]1CO. The number of nitrogens with two attached hydrogens (primary N) is 1. The molecule has 0 unspecified atom stereocenters. The smallest absolute Gasteiger partial charge is 0.0586 e. The molecule has 1 saturated heterocycles. The van der Waals surface area contributed by atoms with Crippen molar-refractivity contribution in [2.24, 2.45) is 5.73 Å². The molecule has 1 fully saturated rings. The van der Waals surface area contributed by atoms with E-state index in [1.165, 1.54) is 6.42 Å². The van der Waals surface area contributed by atoms with Crippen LogP contribution in [-0.4, -0.2) is 41.8 Å². The summed E-state index contributed by atoms with van der Waals surface area (Å²) >= 11 is 0. The van der Waals surface area contributed by atoms with Gasteiger partial charge in [-0.2, -0.15) is 0 Å². The molecule has 0 amide bonds. The molecule has 1 heterocycles. The molecule has 11 heavy (non-hydrogen) atoms. The summed E-state index contributed by atoms with van der Waals surface area (Å²) in [6, 6.07) is 0.600. The number of rotatable bonds is 3. The minimum Gasteiger partial charge on any atom is -0.395 e. The molecule has 3 heteroatoms. The first-order chi connectivity index (χ1) is 5.24. The minimum atomic E-state index is 0.224. The number of likely N-dealkylation sites (tertiary alicyclic amines) is 1. The molecule has 1 aliphatic rings. The molecule has 2 atom stereocenters. The summed E-state index contributed by atoms with van der Waals surface area (Å²) in [6.45, 7) is 4.32. The molecule has 0 saturated carbocycles. The highest BCUT2D eigenvalue weighted by atomic mass is 16.3. The molecule has 0 aromatic carbocycles. The van der Waals surface area contributed by atoms with Crippen molar-refractivity contribution in [1.29, 1.82) is 0 Å². The summed E-state index contributed by atoms with van der Waals surface area (Å²) in [6.07, 6.45) is 2.33. The molecule has 1 rings (SSSR count). The van der Waals surface area contributed by atoms with Crippen LogP contribution >= 0.6 is 0 Å². The van der Waals surface area contributed by atoms with Gasteiger partial charge in [0.05, 0.1) is 6.61 Å². The number of hydrogen-bond acceptors (Lipinski definition) is 3. The Labute approximate surface area is 68.2 Å². The average Bonchev–Trinajstić information content (AvgIpc) is 2.34. The summed E-state index contributed by atoms with van der Waals surface area (Å²) in [5.41, 5.74) is 5.67. The Morgan fingerprint density at radius 2 is 2.45 bits per heavy atom. The quantitative estimate of drug-likeness (QED) is 0.597. The fourth-order valence-corrected chi connectivity index (χ4v) is 1.71. The van der Waals surface area contributed by atoms with Gasteiger partial charge in [-0.05, 0) is 26.3 Å².